The molecule has 1 unspecified atom stereocenters. The third-order valence-corrected chi connectivity index (χ3v) is 4.90. The Kier molecular flexibility index (Phi) is 3.96. The molecule has 2 N–H and O–H groups in total. The van der Waals surface area contributed by atoms with Gasteiger partial charge in [-0.05, 0) is 18.6 Å². The van der Waals surface area contributed by atoms with Gasteiger partial charge in [-0.1, -0.05) is 19.8 Å². The summed E-state index contributed by atoms with van der Waals surface area (Å²) in [5.74, 6) is 0.0585. The number of hydrogen-bond donors (Lipinski definition) is 2. The van der Waals surface area contributed by atoms with E-state index in [2.05, 4.69) is 11.9 Å². The van der Waals surface area contributed by atoms with E-state index >= 15 is 0 Å². The van der Waals surface area contributed by atoms with Crippen molar-refractivity contribution in [3.8, 4) is 17.2 Å². The maximum Gasteiger partial charge on any atom is 0.268 e. The van der Waals surface area contributed by atoms with Gasteiger partial charge >= 0.3 is 0 Å². The van der Waals surface area contributed by atoms with Crippen molar-refractivity contribution < 1.29 is 24.5 Å². The summed E-state index contributed by atoms with van der Waals surface area (Å²) in [5, 5.41) is 21.9. The number of phenolic OH excluding ortho intramolecular Hbond substituents is 1. The third-order valence-electron chi connectivity index (χ3n) is 4.90. The van der Waals surface area contributed by atoms with Crippen LogP contribution in [0.1, 0.15) is 37.3 Å². The fourth-order valence-electron chi connectivity index (χ4n) is 3.55. The number of aromatic hydroxyl groups is 1. The molecular formula is C19H20N2O5. The van der Waals surface area contributed by atoms with E-state index in [4.69, 9.17) is 9.47 Å². The summed E-state index contributed by atoms with van der Waals surface area (Å²) < 4.78 is 10.6. The lowest BCUT2D eigenvalue weighted by molar-refractivity contribution is -0.132. The van der Waals surface area contributed by atoms with Crippen LogP contribution in [0.5, 0.6) is 17.2 Å². The van der Waals surface area contributed by atoms with Crippen LogP contribution in [0.15, 0.2) is 30.6 Å². The number of carbonyl (C=O) groups is 1. The van der Waals surface area contributed by atoms with E-state index in [1.165, 1.54) is 18.3 Å². The molecule has 1 amide bonds. The van der Waals surface area contributed by atoms with Gasteiger partial charge in [-0.25, -0.2) is 0 Å². The van der Waals surface area contributed by atoms with Gasteiger partial charge in [-0.15, -0.1) is 0 Å². The molecule has 0 spiro atoms. The number of fused-ring (bicyclic) bond motifs is 2. The molecule has 2 aromatic rings. The van der Waals surface area contributed by atoms with E-state index in [0.29, 0.717) is 29.3 Å². The molecular weight excluding hydrogens is 336 g/mol. The first-order valence-electron chi connectivity index (χ1n) is 8.69. The highest BCUT2D eigenvalue weighted by atomic mass is 16.7. The highest BCUT2D eigenvalue weighted by Gasteiger charge is 2.52. The Balaban J connectivity index is 1.82. The molecule has 7 nitrogen and oxygen atoms in total. The van der Waals surface area contributed by atoms with Gasteiger partial charge in [0, 0.05) is 29.9 Å². The predicted molar refractivity (Wildman–Crippen MR) is 93.3 cm³/mol. The van der Waals surface area contributed by atoms with Crippen molar-refractivity contribution in [3.63, 3.8) is 0 Å². The van der Waals surface area contributed by atoms with Gasteiger partial charge in [-0.3, -0.25) is 9.78 Å². The SMILES string of the molecule is CCCCCN1C(=O)C(O)(c2cc3c(cc2O)OCO3)c2ccncc21. The van der Waals surface area contributed by atoms with E-state index in [0.717, 1.165) is 19.3 Å². The fraction of sp³-hybridized carbons (Fsp3) is 0.368. The summed E-state index contributed by atoms with van der Waals surface area (Å²) in [6, 6.07) is 4.44. The van der Waals surface area contributed by atoms with Gasteiger partial charge in [0.1, 0.15) is 5.75 Å². The normalized spacial score (nSPS) is 20.5. The van der Waals surface area contributed by atoms with Crippen LogP contribution in [-0.4, -0.2) is 34.4 Å². The highest BCUT2D eigenvalue weighted by molar-refractivity contribution is 6.09. The number of nitrogens with zero attached hydrogens (tertiary/aromatic N) is 2. The molecule has 0 fully saturated rings. The Morgan fingerprint density at radius 2 is 2.00 bits per heavy atom. The number of pyridine rings is 1. The van der Waals surface area contributed by atoms with E-state index < -0.39 is 11.5 Å². The van der Waals surface area contributed by atoms with Crippen molar-refractivity contribution in [1.82, 2.24) is 4.98 Å². The number of benzene rings is 1. The highest BCUT2D eigenvalue weighted by Crippen LogP contribution is 2.49. The number of unbranched alkanes of at least 4 members (excludes halogenated alkanes) is 2. The summed E-state index contributed by atoms with van der Waals surface area (Å²) in [5.41, 5.74) is -0.941. The molecule has 0 aliphatic carbocycles. The number of aromatic nitrogens is 1. The second kappa shape index (κ2) is 6.17. The van der Waals surface area contributed by atoms with Gasteiger partial charge in [-0.2, -0.15) is 0 Å². The van der Waals surface area contributed by atoms with E-state index in [9.17, 15) is 15.0 Å². The molecule has 4 rings (SSSR count). The molecule has 2 aliphatic rings. The van der Waals surface area contributed by atoms with Gasteiger partial charge in [0.25, 0.3) is 5.91 Å². The zero-order chi connectivity index (χ0) is 18.3. The van der Waals surface area contributed by atoms with Crippen molar-refractivity contribution in [2.24, 2.45) is 0 Å². The van der Waals surface area contributed by atoms with Gasteiger partial charge in [0.15, 0.2) is 11.5 Å². The van der Waals surface area contributed by atoms with Crippen LogP contribution in [0.2, 0.25) is 0 Å². The molecule has 1 aromatic carbocycles. The van der Waals surface area contributed by atoms with Crippen LogP contribution in [0.4, 0.5) is 5.69 Å². The van der Waals surface area contributed by atoms with Crippen LogP contribution in [0.25, 0.3) is 0 Å². The van der Waals surface area contributed by atoms with Crippen LogP contribution in [0, 0.1) is 0 Å². The molecule has 3 heterocycles. The second-order valence-corrected chi connectivity index (χ2v) is 6.49. The quantitative estimate of drug-likeness (QED) is 0.799. The molecule has 2 aliphatic heterocycles. The van der Waals surface area contributed by atoms with Crippen LogP contribution >= 0.6 is 0 Å². The lowest BCUT2D eigenvalue weighted by Gasteiger charge is -2.24. The summed E-state index contributed by atoms with van der Waals surface area (Å²) in [6.45, 7) is 2.61. The fourth-order valence-corrected chi connectivity index (χ4v) is 3.55. The minimum atomic E-state index is -1.99. The third kappa shape index (κ3) is 2.31. The maximum atomic E-state index is 13.2. The molecule has 1 atom stereocenters. The second-order valence-electron chi connectivity index (χ2n) is 6.49. The smallest absolute Gasteiger partial charge is 0.268 e. The van der Waals surface area contributed by atoms with Crippen LogP contribution in [0.3, 0.4) is 0 Å². The molecule has 0 saturated heterocycles. The Morgan fingerprint density at radius 3 is 2.77 bits per heavy atom. The molecule has 136 valence electrons. The Hall–Kier alpha value is -2.80. The van der Waals surface area contributed by atoms with Gasteiger partial charge in [0.2, 0.25) is 12.4 Å². The Bertz CT molecular complexity index is 869. The van der Waals surface area contributed by atoms with Gasteiger partial charge in [0.05, 0.1) is 11.9 Å². The summed E-state index contributed by atoms with van der Waals surface area (Å²) in [4.78, 5) is 18.8. The first kappa shape index (κ1) is 16.7. The number of ether oxygens (including phenoxy) is 2. The van der Waals surface area contributed by atoms with Crippen LogP contribution in [-0.2, 0) is 10.4 Å². The Labute approximate surface area is 150 Å². The minimum Gasteiger partial charge on any atom is -0.507 e. The van der Waals surface area contributed by atoms with Crippen molar-refractivity contribution in [1.29, 1.82) is 0 Å². The number of phenols is 1. The number of amides is 1. The Morgan fingerprint density at radius 1 is 1.23 bits per heavy atom. The van der Waals surface area contributed by atoms with Crippen molar-refractivity contribution >= 4 is 11.6 Å². The van der Waals surface area contributed by atoms with Gasteiger partial charge < -0.3 is 24.6 Å². The van der Waals surface area contributed by atoms with E-state index in [1.807, 2.05) is 0 Å². The average Bonchev–Trinajstić information content (AvgIpc) is 3.18. The molecule has 0 radical (unpaired) electrons. The zero-order valence-corrected chi connectivity index (χ0v) is 14.4. The molecule has 0 bridgehead atoms. The van der Waals surface area contributed by atoms with Crippen molar-refractivity contribution in [2.75, 3.05) is 18.2 Å². The first-order valence-corrected chi connectivity index (χ1v) is 8.69. The molecule has 0 saturated carbocycles. The number of aliphatic hydroxyl groups is 1. The molecule has 26 heavy (non-hydrogen) atoms. The topological polar surface area (TPSA) is 92.1 Å². The van der Waals surface area contributed by atoms with Crippen molar-refractivity contribution in [2.45, 2.75) is 31.8 Å². The van der Waals surface area contributed by atoms with Crippen LogP contribution < -0.4 is 14.4 Å². The van der Waals surface area contributed by atoms with Crippen molar-refractivity contribution in [3.05, 3.63) is 41.7 Å². The summed E-state index contributed by atoms with van der Waals surface area (Å²) in [7, 11) is 0. The maximum absolute atomic E-state index is 13.2. The molecule has 7 heteroatoms. The van der Waals surface area contributed by atoms with E-state index in [-0.39, 0.29) is 18.1 Å². The number of anilines is 1. The minimum absolute atomic E-state index is 0.0360. The summed E-state index contributed by atoms with van der Waals surface area (Å²) >= 11 is 0. The largest absolute Gasteiger partial charge is 0.507 e. The van der Waals surface area contributed by atoms with E-state index in [1.54, 1.807) is 17.2 Å². The standard InChI is InChI=1S/C19H20N2O5/c1-2-3-4-7-21-14-10-20-6-5-12(14)19(24,18(21)23)13-8-16-17(9-15(13)22)26-11-25-16/h5-6,8-10,22,24H,2-4,7,11H2,1H3. The first-order chi connectivity index (χ1) is 12.6. The zero-order valence-electron chi connectivity index (χ0n) is 14.4. The lowest BCUT2D eigenvalue weighted by atomic mass is 9.87. The predicted octanol–water partition coefficient (Wildman–Crippen LogP) is 2.29. The molecule has 1 aromatic heterocycles. The monoisotopic (exact) mass is 356 g/mol. The lowest BCUT2D eigenvalue weighted by Crippen LogP contribution is -2.41. The number of carbonyl (C=O) groups excluding carboxylic acids is 1. The number of rotatable bonds is 5. The summed E-state index contributed by atoms with van der Waals surface area (Å²) in [6.07, 6.45) is 5.92. The number of hydrogen-bond acceptors (Lipinski definition) is 6. The average molecular weight is 356 g/mol.